The molecule has 1 aromatic heterocycles. The summed E-state index contributed by atoms with van der Waals surface area (Å²) in [5.74, 6) is 0.771. The van der Waals surface area contributed by atoms with Crippen LogP contribution in [0.1, 0.15) is 18.4 Å². The lowest BCUT2D eigenvalue weighted by atomic mass is 10.1. The molecule has 1 atom stereocenters. The summed E-state index contributed by atoms with van der Waals surface area (Å²) in [6.07, 6.45) is 8.27. The van der Waals surface area contributed by atoms with Gasteiger partial charge in [-0.1, -0.05) is 12.1 Å². The molecule has 1 saturated carbocycles. The van der Waals surface area contributed by atoms with E-state index in [1.54, 1.807) is 7.11 Å². The summed E-state index contributed by atoms with van der Waals surface area (Å²) < 4.78 is 7.39. The van der Waals surface area contributed by atoms with Crippen molar-refractivity contribution in [1.29, 1.82) is 0 Å². The fourth-order valence-electron chi connectivity index (χ4n) is 2.54. The highest BCUT2D eigenvalue weighted by Crippen LogP contribution is 2.34. The quantitative estimate of drug-likeness (QED) is 0.841. The van der Waals surface area contributed by atoms with E-state index in [4.69, 9.17) is 4.74 Å². The smallest absolute Gasteiger partial charge is 0.0949 e. The van der Waals surface area contributed by atoms with Gasteiger partial charge in [-0.3, -0.25) is 0 Å². The Morgan fingerprint density at radius 3 is 3.05 bits per heavy atom. The number of aromatic nitrogens is 2. The van der Waals surface area contributed by atoms with Gasteiger partial charge in [-0.2, -0.15) is 0 Å². The van der Waals surface area contributed by atoms with Crippen molar-refractivity contribution in [2.45, 2.75) is 25.4 Å². The Kier molecular flexibility index (Phi) is 4.02. The van der Waals surface area contributed by atoms with Crippen LogP contribution >= 0.6 is 0 Å². The van der Waals surface area contributed by atoms with E-state index in [-0.39, 0.29) is 0 Å². The van der Waals surface area contributed by atoms with Gasteiger partial charge in [0, 0.05) is 31.7 Å². The van der Waals surface area contributed by atoms with E-state index >= 15 is 0 Å². The monoisotopic (exact) mass is 271 g/mol. The lowest BCUT2D eigenvalue weighted by Crippen LogP contribution is -2.27. The fraction of sp³-hybridized carbons (Fsp3) is 0.438. The third-order valence-electron chi connectivity index (χ3n) is 3.74. The predicted molar refractivity (Wildman–Crippen MR) is 79.8 cm³/mol. The van der Waals surface area contributed by atoms with Crippen LogP contribution in [0, 0.1) is 5.92 Å². The zero-order valence-electron chi connectivity index (χ0n) is 11.8. The molecule has 1 N–H and O–H groups in total. The first-order chi connectivity index (χ1) is 9.85. The number of nitrogens with one attached hydrogen (secondary N) is 1. The van der Waals surface area contributed by atoms with Gasteiger partial charge in [-0.15, -0.1) is 0 Å². The standard InChI is InChI=1S/C16H21N3O/c1-20-11-16(14-5-6-14)18-15-4-2-3-13(9-15)10-19-8-7-17-12-19/h2-4,7-9,12,14,16,18H,5-6,10-11H2,1H3. The summed E-state index contributed by atoms with van der Waals surface area (Å²) in [6.45, 7) is 1.63. The van der Waals surface area contributed by atoms with Gasteiger partial charge in [-0.05, 0) is 36.5 Å². The van der Waals surface area contributed by atoms with Crippen molar-refractivity contribution in [1.82, 2.24) is 9.55 Å². The molecule has 4 nitrogen and oxygen atoms in total. The van der Waals surface area contributed by atoms with Gasteiger partial charge in [0.15, 0.2) is 0 Å². The van der Waals surface area contributed by atoms with E-state index in [9.17, 15) is 0 Å². The average molecular weight is 271 g/mol. The van der Waals surface area contributed by atoms with E-state index in [0.29, 0.717) is 6.04 Å². The van der Waals surface area contributed by atoms with Crippen molar-refractivity contribution in [2.75, 3.05) is 19.0 Å². The third-order valence-corrected chi connectivity index (χ3v) is 3.74. The molecule has 0 aliphatic heterocycles. The van der Waals surface area contributed by atoms with E-state index in [1.807, 2.05) is 18.7 Å². The van der Waals surface area contributed by atoms with Crippen molar-refractivity contribution in [3.8, 4) is 0 Å². The molecule has 4 heteroatoms. The Hall–Kier alpha value is -1.81. The largest absolute Gasteiger partial charge is 0.383 e. The molecule has 1 aliphatic rings. The summed E-state index contributed by atoms with van der Waals surface area (Å²) in [7, 11) is 1.77. The normalized spacial score (nSPS) is 16.1. The molecule has 1 heterocycles. The first-order valence-corrected chi connectivity index (χ1v) is 7.15. The number of rotatable bonds is 7. The second kappa shape index (κ2) is 6.09. The Morgan fingerprint density at radius 1 is 1.45 bits per heavy atom. The van der Waals surface area contributed by atoms with Crippen molar-refractivity contribution < 1.29 is 4.74 Å². The maximum atomic E-state index is 5.32. The molecule has 1 unspecified atom stereocenters. The van der Waals surface area contributed by atoms with Crippen LogP contribution in [0.3, 0.4) is 0 Å². The van der Waals surface area contributed by atoms with Crippen LogP contribution < -0.4 is 5.32 Å². The number of imidazole rings is 1. The highest BCUT2D eigenvalue weighted by Gasteiger charge is 2.31. The highest BCUT2D eigenvalue weighted by atomic mass is 16.5. The topological polar surface area (TPSA) is 39.1 Å². The predicted octanol–water partition coefficient (Wildman–Crippen LogP) is 2.77. The van der Waals surface area contributed by atoms with Crippen LogP contribution in [-0.4, -0.2) is 29.3 Å². The SMILES string of the molecule is COCC(Nc1cccc(Cn2ccnc2)c1)C1CC1. The first kappa shape index (κ1) is 13.2. The number of anilines is 1. The van der Waals surface area contributed by atoms with Crippen LogP contribution in [0.4, 0.5) is 5.69 Å². The Bertz CT molecular complexity index is 534. The number of hydrogen-bond donors (Lipinski definition) is 1. The van der Waals surface area contributed by atoms with E-state index in [0.717, 1.165) is 19.1 Å². The molecule has 1 fully saturated rings. The molecule has 0 radical (unpaired) electrons. The van der Waals surface area contributed by atoms with Gasteiger partial charge in [0.2, 0.25) is 0 Å². The van der Waals surface area contributed by atoms with Gasteiger partial charge >= 0.3 is 0 Å². The first-order valence-electron chi connectivity index (χ1n) is 7.15. The van der Waals surface area contributed by atoms with Crippen molar-refractivity contribution >= 4 is 5.69 Å². The van der Waals surface area contributed by atoms with Gasteiger partial charge in [0.1, 0.15) is 0 Å². The van der Waals surface area contributed by atoms with E-state index in [1.165, 1.54) is 24.1 Å². The molecule has 0 spiro atoms. The lowest BCUT2D eigenvalue weighted by Gasteiger charge is -2.19. The highest BCUT2D eigenvalue weighted by molar-refractivity contribution is 5.47. The molecule has 1 aromatic carbocycles. The molecular formula is C16H21N3O. The average Bonchev–Trinajstić information content (AvgIpc) is 3.18. The third kappa shape index (κ3) is 3.39. The van der Waals surface area contributed by atoms with Crippen molar-refractivity contribution in [2.24, 2.45) is 5.92 Å². The number of benzene rings is 1. The lowest BCUT2D eigenvalue weighted by molar-refractivity contribution is 0.179. The van der Waals surface area contributed by atoms with Crippen LogP contribution in [0.25, 0.3) is 0 Å². The van der Waals surface area contributed by atoms with Crippen LogP contribution in [0.15, 0.2) is 43.0 Å². The fourth-order valence-corrected chi connectivity index (χ4v) is 2.54. The Balaban J connectivity index is 1.67. The molecule has 0 bridgehead atoms. The van der Waals surface area contributed by atoms with Gasteiger partial charge in [-0.25, -0.2) is 4.98 Å². The number of nitrogens with zero attached hydrogens (tertiary/aromatic N) is 2. The van der Waals surface area contributed by atoms with E-state index in [2.05, 4.69) is 39.1 Å². The summed E-state index contributed by atoms with van der Waals surface area (Å²) in [4.78, 5) is 4.08. The van der Waals surface area contributed by atoms with E-state index < -0.39 is 0 Å². The Morgan fingerprint density at radius 2 is 2.35 bits per heavy atom. The maximum Gasteiger partial charge on any atom is 0.0949 e. The molecule has 0 amide bonds. The second-order valence-corrected chi connectivity index (χ2v) is 5.48. The second-order valence-electron chi connectivity index (χ2n) is 5.48. The summed E-state index contributed by atoms with van der Waals surface area (Å²) >= 11 is 0. The molecule has 1 aliphatic carbocycles. The van der Waals surface area contributed by atoms with Crippen molar-refractivity contribution in [3.63, 3.8) is 0 Å². The minimum absolute atomic E-state index is 0.434. The molecule has 0 saturated heterocycles. The van der Waals surface area contributed by atoms with Gasteiger partial charge in [0.05, 0.1) is 19.0 Å². The maximum absolute atomic E-state index is 5.32. The van der Waals surface area contributed by atoms with Crippen LogP contribution in [-0.2, 0) is 11.3 Å². The summed E-state index contributed by atoms with van der Waals surface area (Å²) in [6, 6.07) is 9.02. The van der Waals surface area contributed by atoms with Crippen LogP contribution in [0.5, 0.6) is 0 Å². The van der Waals surface area contributed by atoms with Crippen LogP contribution in [0.2, 0.25) is 0 Å². The Labute approximate surface area is 119 Å². The van der Waals surface area contributed by atoms with Crippen molar-refractivity contribution in [3.05, 3.63) is 48.5 Å². The molecule has 2 aromatic rings. The molecule has 20 heavy (non-hydrogen) atoms. The molecule has 3 rings (SSSR count). The number of ether oxygens (including phenoxy) is 1. The minimum atomic E-state index is 0.434. The molecule has 106 valence electrons. The number of hydrogen-bond acceptors (Lipinski definition) is 3. The van der Waals surface area contributed by atoms with Gasteiger partial charge < -0.3 is 14.6 Å². The van der Waals surface area contributed by atoms with Gasteiger partial charge in [0.25, 0.3) is 0 Å². The molecular weight excluding hydrogens is 250 g/mol. The minimum Gasteiger partial charge on any atom is -0.383 e. The zero-order valence-corrected chi connectivity index (χ0v) is 11.8. The summed E-state index contributed by atoms with van der Waals surface area (Å²) in [5.41, 5.74) is 2.46. The zero-order chi connectivity index (χ0) is 13.8. The number of methoxy groups -OCH3 is 1. The summed E-state index contributed by atoms with van der Waals surface area (Å²) in [5, 5.41) is 3.61.